The second-order valence-electron chi connectivity index (χ2n) is 9.54. The SMILES string of the molecule is CN1CCN(C2CCC(n3ccc(-c4ccc(NCc5cccc(F)c5)cc4)n3)CC2)CC1. The number of rotatable bonds is 6. The Kier molecular flexibility index (Phi) is 6.74. The molecule has 0 unspecified atom stereocenters. The van der Waals surface area contributed by atoms with Crippen molar-refractivity contribution in [3.63, 3.8) is 0 Å². The van der Waals surface area contributed by atoms with E-state index in [4.69, 9.17) is 5.10 Å². The second-order valence-corrected chi connectivity index (χ2v) is 9.54. The third-order valence-electron chi connectivity index (χ3n) is 7.27. The summed E-state index contributed by atoms with van der Waals surface area (Å²) in [6.07, 6.45) is 7.11. The van der Waals surface area contributed by atoms with Crippen LogP contribution in [0, 0.1) is 5.82 Å². The summed E-state index contributed by atoms with van der Waals surface area (Å²) in [5, 5.41) is 8.28. The smallest absolute Gasteiger partial charge is 0.123 e. The molecule has 5 rings (SSSR count). The lowest BCUT2D eigenvalue weighted by molar-refractivity contribution is 0.0811. The van der Waals surface area contributed by atoms with Gasteiger partial charge in [-0.3, -0.25) is 9.58 Å². The molecule has 174 valence electrons. The summed E-state index contributed by atoms with van der Waals surface area (Å²) in [6.45, 7) is 5.42. The Morgan fingerprint density at radius 2 is 1.64 bits per heavy atom. The first-order chi connectivity index (χ1) is 16.1. The lowest BCUT2D eigenvalue weighted by Crippen LogP contribution is -2.49. The zero-order chi connectivity index (χ0) is 22.6. The summed E-state index contributed by atoms with van der Waals surface area (Å²) in [5.74, 6) is -0.201. The molecule has 1 aromatic heterocycles. The van der Waals surface area contributed by atoms with Gasteiger partial charge in [-0.1, -0.05) is 24.3 Å². The van der Waals surface area contributed by atoms with Gasteiger partial charge < -0.3 is 10.2 Å². The number of nitrogens with zero attached hydrogens (tertiary/aromatic N) is 4. The number of hydrogen-bond acceptors (Lipinski definition) is 4. The van der Waals surface area contributed by atoms with Gasteiger partial charge in [0.1, 0.15) is 5.82 Å². The second kappa shape index (κ2) is 10.1. The van der Waals surface area contributed by atoms with Crippen molar-refractivity contribution in [2.24, 2.45) is 0 Å². The standard InChI is InChI=1S/C27H34FN5/c1-31-15-17-32(18-16-31)25-9-11-26(12-10-25)33-14-13-27(30-33)22-5-7-24(8-6-22)29-20-21-3-2-4-23(28)19-21/h2-8,13-14,19,25-26,29H,9-12,15-18,20H2,1H3. The van der Waals surface area contributed by atoms with Crippen LogP contribution in [0.1, 0.15) is 37.3 Å². The van der Waals surface area contributed by atoms with Crippen LogP contribution in [0.25, 0.3) is 11.3 Å². The van der Waals surface area contributed by atoms with Crippen molar-refractivity contribution in [3.05, 3.63) is 72.2 Å². The van der Waals surface area contributed by atoms with Crippen molar-refractivity contribution < 1.29 is 4.39 Å². The summed E-state index contributed by atoms with van der Waals surface area (Å²) in [7, 11) is 2.22. The van der Waals surface area contributed by atoms with Gasteiger partial charge in [0.05, 0.1) is 11.7 Å². The van der Waals surface area contributed by atoms with Gasteiger partial charge in [-0.2, -0.15) is 5.10 Å². The Balaban J connectivity index is 1.14. The molecule has 1 aliphatic heterocycles. The normalized spacial score (nSPS) is 22.4. The van der Waals surface area contributed by atoms with Crippen LogP contribution in [0.5, 0.6) is 0 Å². The maximum atomic E-state index is 13.3. The molecule has 0 bridgehead atoms. The predicted octanol–water partition coefficient (Wildman–Crippen LogP) is 5.03. The number of hydrogen-bond donors (Lipinski definition) is 1. The molecule has 0 amide bonds. The number of likely N-dealkylation sites (N-methyl/N-ethyl adjacent to an activating group) is 1. The molecule has 1 saturated heterocycles. The fraction of sp³-hybridized carbons (Fsp3) is 0.444. The Morgan fingerprint density at radius 3 is 2.36 bits per heavy atom. The number of halogens is 1. The van der Waals surface area contributed by atoms with Crippen molar-refractivity contribution in [2.45, 2.75) is 44.3 Å². The third-order valence-corrected chi connectivity index (χ3v) is 7.27. The highest BCUT2D eigenvalue weighted by atomic mass is 19.1. The highest BCUT2D eigenvalue weighted by Crippen LogP contribution is 2.32. The van der Waals surface area contributed by atoms with E-state index in [1.54, 1.807) is 12.1 Å². The van der Waals surface area contributed by atoms with E-state index in [0.717, 1.165) is 28.6 Å². The molecular formula is C27H34FN5. The van der Waals surface area contributed by atoms with E-state index in [1.807, 2.05) is 6.07 Å². The van der Waals surface area contributed by atoms with E-state index in [2.05, 4.69) is 63.4 Å². The van der Waals surface area contributed by atoms with E-state index in [-0.39, 0.29) is 5.82 Å². The molecule has 0 atom stereocenters. The molecule has 2 heterocycles. The predicted molar refractivity (Wildman–Crippen MR) is 132 cm³/mol. The molecule has 2 fully saturated rings. The number of nitrogens with one attached hydrogen (secondary N) is 1. The average Bonchev–Trinajstić information content (AvgIpc) is 3.34. The van der Waals surface area contributed by atoms with Gasteiger partial charge in [0.25, 0.3) is 0 Å². The number of anilines is 1. The van der Waals surface area contributed by atoms with Gasteiger partial charge in [0, 0.05) is 56.2 Å². The topological polar surface area (TPSA) is 36.3 Å². The molecule has 2 aliphatic rings. The Morgan fingerprint density at radius 1 is 0.909 bits per heavy atom. The quantitative estimate of drug-likeness (QED) is 0.575. The summed E-state index contributed by atoms with van der Waals surface area (Å²) in [4.78, 5) is 5.13. The molecule has 0 radical (unpaired) electrons. The first-order valence-electron chi connectivity index (χ1n) is 12.2. The Bertz CT molecular complexity index is 1030. The minimum Gasteiger partial charge on any atom is -0.381 e. The number of aromatic nitrogens is 2. The fourth-order valence-corrected chi connectivity index (χ4v) is 5.18. The molecule has 1 saturated carbocycles. The summed E-state index contributed by atoms with van der Waals surface area (Å²) in [6, 6.07) is 18.4. The van der Waals surface area contributed by atoms with Gasteiger partial charge in [-0.25, -0.2) is 4.39 Å². The fourth-order valence-electron chi connectivity index (χ4n) is 5.18. The van der Waals surface area contributed by atoms with Gasteiger partial charge in [0.15, 0.2) is 0 Å². The van der Waals surface area contributed by atoms with Crippen LogP contribution < -0.4 is 5.32 Å². The summed E-state index contributed by atoms with van der Waals surface area (Å²) < 4.78 is 15.5. The summed E-state index contributed by atoms with van der Waals surface area (Å²) in [5.41, 5.74) is 4.09. The lowest BCUT2D eigenvalue weighted by Gasteiger charge is -2.41. The number of benzene rings is 2. The zero-order valence-corrected chi connectivity index (χ0v) is 19.5. The first kappa shape index (κ1) is 22.1. The van der Waals surface area contributed by atoms with E-state index >= 15 is 0 Å². The van der Waals surface area contributed by atoms with E-state index in [9.17, 15) is 4.39 Å². The molecule has 0 spiro atoms. The van der Waals surface area contributed by atoms with Crippen molar-refractivity contribution >= 4 is 5.69 Å². The van der Waals surface area contributed by atoms with E-state index < -0.39 is 0 Å². The van der Waals surface area contributed by atoms with Crippen LogP contribution in [0.2, 0.25) is 0 Å². The van der Waals surface area contributed by atoms with Crippen LogP contribution in [0.3, 0.4) is 0 Å². The lowest BCUT2D eigenvalue weighted by atomic mass is 9.90. The van der Waals surface area contributed by atoms with Crippen molar-refractivity contribution in [2.75, 3.05) is 38.5 Å². The van der Waals surface area contributed by atoms with Crippen molar-refractivity contribution in [1.29, 1.82) is 0 Å². The van der Waals surface area contributed by atoms with E-state index in [0.29, 0.717) is 12.6 Å². The third kappa shape index (κ3) is 5.45. The first-order valence-corrected chi connectivity index (χ1v) is 12.2. The van der Waals surface area contributed by atoms with Crippen molar-refractivity contribution in [3.8, 4) is 11.3 Å². The van der Waals surface area contributed by atoms with Crippen LogP contribution in [-0.2, 0) is 6.54 Å². The largest absolute Gasteiger partial charge is 0.381 e. The maximum absolute atomic E-state index is 13.3. The highest BCUT2D eigenvalue weighted by Gasteiger charge is 2.28. The van der Waals surface area contributed by atoms with Gasteiger partial charge in [0.2, 0.25) is 0 Å². The van der Waals surface area contributed by atoms with Crippen LogP contribution >= 0.6 is 0 Å². The minimum absolute atomic E-state index is 0.201. The molecule has 6 heteroatoms. The van der Waals surface area contributed by atoms with Crippen LogP contribution in [0.15, 0.2) is 60.8 Å². The molecular weight excluding hydrogens is 413 g/mol. The molecule has 1 aliphatic carbocycles. The van der Waals surface area contributed by atoms with Gasteiger partial charge >= 0.3 is 0 Å². The monoisotopic (exact) mass is 447 g/mol. The van der Waals surface area contributed by atoms with Gasteiger partial charge in [-0.15, -0.1) is 0 Å². The zero-order valence-electron chi connectivity index (χ0n) is 19.5. The molecule has 1 N–H and O–H groups in total. The van der Waals surface area contributed by atoms with Crippen LogP contribution in [-0.4, -0.2) is 58.8 Å². The Hall–Kier alpha value is -2.70. The maximum Gasteiger partial charge on any atom is 0.123 e. The van der Waals surface area contributed by atoms with E-state index in [1.165, 1.54) is 57.9 Å². The molecule has 5 nitrogen and oxygen atoms in total. The van der Waals surface area contributed by atoms with Crippen LogP contribution in [0.4, 0.5) is 10.1 Å². The highest BCUT2D eigenvalue weighted by molar-refractivity contribution is 5.62. The van der Waals surface area contributed by atoms with Gasteiger partial charge in [-0.05, 0) is 68.6 Å². The average molecular weight is 448 g/mol. The van der Waals surface area contributed by atoms with Crippen molar-refractivity contribution in [1.82, 2.24) is 19.6 Å². The molecule has 2 aromatic carbocycles. The summed E-state index contributed by atoms with van der Waals surface area (Å²) >= 11 is 0. The number of piperazine rings is 1. The molecule has 33 heavy (non-hydrogen) atoms. The Labute approximate surface area is 196 Å². The minimum atomic E-state index is -0.201. The molecule has 3 aromatic rings.